The van der Waals surface area contributed by atoms with Gasteiger partial charge >= 0.3 is 0 Å². The number of fused-ring (bicyclic) bond motifs is 1. The molecule has 3 aromatic heterocycles. The van der Waals surface area contributed by atoms with Crippen molar-refractivity contribution in [2.45, 2.75) is 6.92 Å². The van der Waals surface area contributed by atoms with Gasteiger partial charge in [-0.3, -0.25) is 4.79 Å². The first kappa shape index (κ1) is 14.4. The fourth-order valence-electron chi connectivity index (χ4n) is 2.88. The Morgan fingerprint density at radius 1 is 1.21 bits per heavy atom. The Bertz CT molecular complexity index is 1130. The molecule has 4 aromatic rings. The van der Waals surface area contributed by atoms with E-state index in [-0.39, 0.29) is 5.56 Å². The van der Waals surface area contributed by atoms with Crippen LogP contribution in [0.25, 0.3) is 27.2 Å². The summed E-state index contributed by atoms with van der Waals surface area (Å²) in [6, 6.07) is 15.5. The molecule has 0 fully saturated rings. The molecule has 4 rings (SSSR count). The quantitative estimate of drug-likeness (QED) is 0.609. The fourth-order valence-corrected chi connectivity index (χ4v) is 3.66. The first-order chi connectivity index (χ1) is 11.7. The molecule has 0 radical (unpaired) electrons. The number of benzene rings is 1. The summed E-state index contributed by atoms with van der Waals surface area (Å²) in [4.78, 5) is 16.2. The fraction of sp³-hybridized carbons (Fsp3) is 0.0556. The van der Waals surface area contributed by atoms with E-state index in [1.54, 1.807) is 4.68 Å². The number of hydrogen-bond acceptors (Lipinski definition) is 4. The van der Waals surface area contributed by atoms with Gasteiger partial charge < -0.3 is 4.98 Å². The molecule has 1 aromatic carbocycles. The Balaban J connectivity index is 2.17. The lowest BCUT2D eigenvalue weighted by Crippen LogP contribution is -2.13. The van der Waals surface area contributed by atoms with Crippen LogP contribution in [-0.4, -0.2) is 14.8 Å². The van der Waals surface area contributed by atoms with Gasteiger partial charge in [-0.05, 0) is 30.5 Å². The molecule has 0 saturated carbocycles. The van der Waals surface area contributed by atoms with Gasteiger partial charge in [0.05, 0.1) is 16.8 Å². The first-order valence-corrected chi connectivity index (χ1v) is 8.23. The second-order valence-corrected chi connectivity index (χ2v) is 6.30. The van der Waals surface area contributed by atoms with Gasteiger partial charge in [-0.25, -0.2) is 4.68 Å². The van der Waals surface area contributed by atoms with Crippen LogP contribution in [0.1, 0.15) is 11.3 Å². The normalized spacial score (nSPS) is 10.8. The van der Waals surface area contributed by atoms with Gasteiger partial charge in [0.25, 0.3) is 5.56 Å². The summed E-state index contributed by atoms with van der Waals surface area (Å²) >= 11 is 1.50. The van der Waals surface area contributed by atoms with Crippen molar-refractivity contribution in [1.82, 2.24) is 14.8 Å². The highest BCUT2D eigenvalue weighted by Gasteiger charge is 2.21. The zero-order valence-corrected chi connectivity index (χ0v) is 13.6. The molecule has 0 saturated heterocycles. The number of H-pyrrole nitrogens is 1. The number of nitriles is 1. The van der Waals surface area contributed by atoms with Gasteiger partial charge in [-0.2, -0.15) is 10.4 Å². The van der Waals surface area contributed by atoms with Crippen molar-refractivity contribution in [1.29, 1.82) is 5.26 Å². The molecule has 1 N–H and O–H groups in total. The molecule has 24 heavy (non-hydrogen) atoms. The summed E-state index contributed by atoms with van der Waals surface area (Å²) in [5.74, 6) is 0. The standard InChI is InChI=1S/C18H12N4OS/c1-11-15-16(14-8-5-9-24-14)13(10-19)18(23)20-17(15)22(21-11)12-6-3-2-4-7-12/h2-9H,1H3,(H,20,23). The highest BCUT2D eigenvalue weighted by molar-refractivity contribution is 7.13. The molecular weight excluding hydrogens is 320 g/mol. The van der Waals surface area contributed by atoms with Crippen LogP contribution in [-0.2, 0) is 0 Å². The molecular formula is C18H12N4OS. The van der Waals surface area contributed by atoms with Crippen LogP contribution in [0.3, 0.4) is 0 Å². The first-order valence-electron chi connectivity index (χ1n) is 7.35. The van der Waals surface area contributed by atoms with E-state index in [2.05, 4.69) is 10.1 Å². The second-order valence-electron chi connectivity index (χ2n) is 5.35. The zero-order valence-electron chi connectivity index (χ0n) is 12.8. The largest absolute Gasteiger partial charge is 0.305 e. The number of thiophene rings is 1. The Kier molecular flexibility index (Phi) is 3.29. The number of aromatic nitrogens is 3. The Morgan fingerprint density at radius 3 is 2.67 bits per heavy atom. The minimum absolute atomic E-state index is 0.126. The minimum Gasteiger partial charge on any atom is -0.305 e. The lowest BCUT2D eigenvalue weighted by atomic mass is 10.0. The lowest BCUT2D eigenvalue weighted by molar-refractivity contribution is 0.875. The Morgan fingerprint density at radius 2 is 2.00 bits per heavy atom. The third-order valence-electron chi connectivity index (χ3n) is 3.90. The van der Waals surface area contributed by atoms with E-state index in [4.69, 9.17) is 0 Å². The van der Waals surface area contributed by atoms with E-state index in [1.165, 1.54) is 11.3 Å². The molecule has 0 aliphatic heterocycles. The van der Waals surface area contributed by atoms with E-state index < -0.39 is 5.56 Å². The van der Waals surface area contributed by atoms with Crippen molar-refractivity contribution >= 4 is 22.4 Å². The number of aryl methyl sites for hydroxylation is 1. The molecule has 0 bridgehead atoms. The van der Waals surface area contributed by atoms with E-state index in [0.717, 1.165) is 21.6 Å². The summed E-state index contributed by atoms with van der Waals surface area (Å²) in [5, 5.41) is 16.8. The molecule has 0 unspecified atom stereocenters. The summed E-state index contributed by atoms with van der Waals surface area (Å²) in [6.45, 7) is 1.89. The predicted molar refractivity (Wildman–Crippen MR) is 94.5 cm³/mol. The predicted octanol–water partition coefficient (Wildman–Crippen LogP) is 3.62. The van der Waals surface area contributed by atoms with E-state index in [1.807, 2.05) is 60.8 Å². The summed E-state index contributed by atoms with van der Waals surface area (Å²) in [6.07, 6.45) is 0. The van der Waals surface area contributed by atoms with E-state index >= 15 is 0 Å². The number of pyridine rings is 1. The number of hydrogen-bond donors (Lipinski definition) is 1. The molecule has 5 nitrogen and oxygen atoms in total. The number of aromatic amines is 1. The molecule has 0 aliphatic rings. The molecule has 116 valence electrons. The highest BCUT2D eigenvalue weighted by Crippen LogP contribution is 2.34. The van der Waals surface area contributed by atoms with Crippen LogP contribution in [0.15, 0.2) is 52.6 Å². The average molecular weight is 332 g/mol. The van der Waals surface area contributed by atoms with Crippen molar-refractivity contribution in [2.75, 3.05) is 0 Å². The minimum atomic E-state index is -0.398. The zero-order chi connectivity index (χ0) is 16.7. The van der Waals surface area contributed by atoms with Crippen molar-refractivity contribution < 1.29 is 0 Å². The third kappa shape index (κ3) is 2.07. The molecule has 3 heterocycles. The van der Waals surface area contributed by atoms with Gasteiger partial charge in [0.1, 0.15) is 17.3 Å². The van der Waals surface area contributed by atoms with Gasteiger partial charge in [0, 0.05) is 10.4 Å². The van der Waals surface area contributed by atoms with Crippen molar-refractivity contribution in [3.8, 4) is 22.2 Å². The van der Waals surface area contributed by atoms with Crippen LogP contribution < -0.4 is 5.56 Å². The van der Waals surface area contributed by atoms with Crippen LogP contribution in [0.2, 0.25) is 0 Å². The van der Waals surface area contributed by atoms with Crippen LogP contribution >= 0.6 is 11.3 Å². The molecule has 0 spiro atoms. The van der Waals surface area contributed by atoms with Gasteiger partial charge in [-0.1, -0.05) is 24.3 Å². The van der Waals surface area contributed by atoms with Crippen LogP contribution in [0.5, 0.6) is 0 Å². The number of para-hydroxylation sites is 1. The highest BCUT2D eigenvalue weighted by atomic mass is 32.1. The maximum atomic E-state index is 12.5. The van der Waals surface area contributed by atoms with E-state index in [0.29, 0.717) is 11.2 Å². The maximum Gasteiger partial charge on any atom is 0.268 e. The summed E-state index contributed by atoms with van der Waals surface area (Å²) in [7, 11) is 0. The lowest BCUT2D eigenvalue weighted by Gasteiger charge is -2.06. The monoisotopic (exact) mass is 332 g/mol. The van der Waals surface area contributed by atoms with Gasteiger partial charge in [0.15, 0.2) is 0 Å². The Labute approximate surface area is 141 Å². The van der Waals surface area contributed by atoms with Crippen LogP contribution in [0, 0.1) is 18.3 Å². The Hall–Kier alpha value is -3.17. The molecule has 0 amide bonds. The average Bonchev–Trinajstić information content (AvgIpc) is 3.23. The summed E-state index contributed by atoms with van der Waals surface area (Å²) < 4.78 is 1.71. The third-order valence-corrected chi connectivity index (χ3v) is 4.79. The number of rotatable bonds is 2. The number of nitrogens with one attached hydrogen (secondary N) is 1. The SMILES string of the molecule is Cc1nn(-c2ccccc2)c2[nH]c(=O)c(C#N)c(-c3cccs3)c12. The topological polar surface area (TPSA) is 74.5 Å². The smallest absolute Gasteiger partial charge is 0.268 e. The van der Waals surface area contributed by atoms with E-state index in [9.17, 15) is 10.1 Å². The van der Waals surface area contributed by atoms with Crippen molar-refractivity contribution in [2.24, 2.45) is 0 Å². The number of nitrogens with zero attached hydrogens (tertiary/aromatic N) is 3. The molecule has 6 heteroatoms. The molecule has 0 aliphatic carbocycles. The maximum absolute atomic E-state index is 12.5. The van der Waals surface area contributed by atoms with Gasteiger partial charge in [0.2, 0.25) is 0 Å². The second kappa shape index (κ2) is 5.48. The van der Waals surface area contributed by atoms with Crippen LogP contribution in [0.4, 0.5) is 0 Å². The summed E-state index contributed by atoms with van der Waals surface area (Å²) in [5.41, 5.74) is 2.61. The molecule has 0 atom stereocenters. The van der Waals surface area contributed by atoms with Crippen molar-refractivity contribution in [3.05, 3.63) is 69.5 Å². The van der Waals surface area contributed by atoms with Crippen molar-refractivity contribution in [3.63, 3.8) is 0 Å². The van der Waals surface area contributed by atoms with Gasteiger partial charge in [-0.15, -0.1) is 11.3 Å².